The van der Waals surface area contributed by atoms with Crippen LogP contribution in [0.1, 0.15) is 18.1 Å². The third-order valence-corrected chi connectivity index (χ3v) is 5.38. The molecule has 0 atom stereocenters. The predicted octanol–water partition coefficient (Wildman–Crippen LogP) is 3.25. The van der Waals surface area contributed by atoms with Crippen molar-refractivity contribution in [3.05, 3.63) is 82.5 Å². The molecule has 0 aliphatic heterocycles. The standard InChI is InChI=1S/C25H24F3N5O4/c1-2-36-19-6-8-20(9-7-19)37-15-22(34)29-10-11-33-23-21(13-31-33)24(35)32(16-30-23)14-17-4-3-5-18(12-17)25(26,27)28/h3-9,12-13,16H,2,10-11,14-15H2,1H3,(H,29,34). The number of aromatic nitrogens is 4. The summed E-state index contributed by atoms with van der Waals surface area (Å²) in [6, 6.07) is 11.7. The van der Waals surface area contributed by atoms with Crippen molar-refractivity contribution in [3.8, 4) is 11.5 Å². The van der Waals surface area contributed by atoms with Gasteiger partial charge in [-0.05, 0) is 48.9 Å². The Bertz CT molecular complexity index is 1430. The molecule has 0 bridgehead atoms. The fourth-order valence-electron chi connectivity index (χ4n) is 3.62. The number of hydrogen-bond acceptors (Lipinski definition) is 6. The first kappa shape index (κ1) is 25.7. The smallest absolute Gasteiger partial charge is 0.416 e. The van der Waals surface area contributed by atoms with Gasteiger partial charge in [0.05, 0.1) is 31.5 Å². The molecule has 0 aliphatic rings. The zero-order valence-electron chi connectivity index (χ0n) is 19.9. The highest BCUT2D eigenvalue weighted by atomic mass is 19.4. The minimum atomic E-state index is -4.47. The summed E-state index contributed by atoms with van der Waals surface area (Å²) in [5.74, 6) is 0.908. The summed E-state index contributed by atoms with van der Waals surface area (Å²) in [7, 11) is 0. The summed E-state index contributed by atoms with van der Waals surface area (Å²) in [4.78, 5) is 29.2. The molecule has 0 aliphatic carbocycles. The zero-order valence-corrected chi connectivity index (χ0v) is 19.9. The molecule has 0 spiro atoms. The van der Waals surface area contributed by atoms with Crippen molar-refractivity contribution < 1.29 is 27.4 Å². The quantitative estimate of drug-likeness (QED) is 0.348. The van der Waals surface area contributed by atoms with Gasteiger partial charge in [-0.15, -0.1) is 0 Å². The number of ether oxygens (including phenoxy) is 2. The molecule has 4 aromatic rings. The van der Waals surface area contributed by atoms with Gasteiger partial charge in [-0.3, -0.25) is 14.2 Å². The molecule has 12 heteroatoms. The number of amides is 1. The van der Waals surface area contributed by atoms with Crippen molar-refractivity contribution in [2.75, 3.05) is 19.8 Å². The third kappa shape index (κ3) is 6.46. The van der Waals surface area contributed by atoms with E-state index in [1.807, 2.05) is 6.92 Å². The summed E-state index contributed by atoms with van der Waals surface area (Å²) in [5, 5.41) is 7.10. The summed E-state index contributed by atoms with van der Waals surface area (Å²) >= 11 is 0. The van der Waals surface area contributed by atoms with Crippen molar-refractivity contribution in [1.29, 1.82) is 0 Å². The highest BCUT2D eigenvalue weighted by Gasteiger charge is 2.30. The number of fused-ring (bicyclic) bond motifs is 1. The van der Waals surface area contributed by atoms with E-state index in [4.69, 9.17) is 9.47 Å². The van der Waals surface area contributed by atoms with Crippen LogP contribution in [-0.2, 0) is 24.1 Å². The summed E-state index contributed by atoms with van der Waals surface area (Å²) < 4.78 is 52.4. The summed E-state index contributed by atoms with van der Waals surface area (Å²) in [5.41, 5.74) is -0.584. The second-order valence-electron chi connectivity index (χ2n) is 8.02. The Balaban J connectivity index is 1.33. The first-order chi connectivity index (χ1) is 17.7. The number of carbonyl (C=O) groups excluding carboxylic acids is 1. The highest BCUT2D eigenvalue weighted by Crippen LogP contribution is 2.29. The normalized spacial score (nSPS) is 11.5. The lowest BCUT2D eigenvalue weighted by Crippen LogP contribution is -2.31. The van der Waals surface area contributed by atoms with E-state index in [0.29, 0.717) is 29.3 Å². The second kappa shape index (κ2) is 11.1. The Labute approximate surface area is 209 Å². The van der Waals surface area contributed by atoms with E-state index >= 15 is 0 Å². The van der Waals surface area contributed by atoms with E-state index in [1.165, 1.54) is 33.9 Å². The average molecular weight is 515 g/mol. The Morgan fingerprint density at radius 2 is 1.81 bits per heavy atom. The van der Waals surface area contributed by atoms with E-state index in [1.54, 1.807) is 24.3 Å². The van der Waals surface area contributed by atoms with Crippen LogP contribution < -0.4 is 20.3 Å². The van der Waals surface area contributed by atoms with Gasteiger partial charge < -0.3 is 14.8 Å². The summed E-state index contributed by atoms with van der Waals surface area (Å²) in [6.07, 6.45) is -1.85. The van der Waals surface area contributed by atoms with Crippen molar-refractivity contribution in [2.45, 2.75) is 26.2 Å². The highest BCUT2D eigenvalue weighted by molar-refractivity contribution is 5.77. The molecule has 0 radical (unpaired) electrons. The molecule has 1 N–H and O–H groups in total. The number of rotatable bonds is 10. The van der Waals surface area contributed by atoms with Gasteiger partial charge in [-0.25, -0.2) is 9.67 Å². The second-order valence-corrected chi connectivity index (χ2v) is 8.02. The number of nitrogens with one attached hydrogen (secondary N) is 1. The maximum Gasteiger partial charge on any atom is 0.416 e. The Morgan fingerprint density at radius 3 is 2.51 bits per heavy atom. The lowest BCUT2D eigenvalue weighted by Gasteiger charge is -2.10. The van der Waals surface area contributed by atoms with Crippen molar-refractivity contribution in [3.63, 3.8) is 0 Å². The number of carbonyl (C=O) groups is 1. The molecule has 0 fully saturated rings. The first-order valence-electron chi connectivity index (χ1n) is 11.4. The van der Waals surface area contributed by atoms with Crippen LogP contribution in [0.4, 0.5) is 13.2 Å². The van der Waals surface area contributed by atoms with Crippen LogP contribution in [0.2, 0.25) is 0 Å². The molecule has 37 heavy (non-hydrogen) atoms. The molecule has 0 saturated heterocycles. The van der Waals surface area contributed by atoms with Crippen molar-refractivity contribution >= 4 is 16.9 Å². The van der Waals surface area contributed by atoms with Gasteiger partial charge in [0.25, 0.3) is 11.5 Å². The molecule has 2 aromatic carbocycles. The summed E-state index contributed by atoms with van der Waals surface area (Å²) in [6.45, 7) is 2.67. The van der Waals surface area contributed by atoms with Gasteiger partial charge in [0.1, 0.15) is 23.2 Å². The van der Waals surface area contributed by atoms with E-state index in [2.05, 4.69) is 15.4 Å². The van der Waals surface area contributed by atoms with Crippen LogP contribution >= 0.6 is 0 Å². The topological polar surface area (TPSA) is 100 Å². The molecule has 194 valence electrons. The average Bonchev–Trinajstić information content (AvgIpc) is 3.29. The van der Waals surface area contributed by atoms with Crippen molar-refractivity contribution in [2.24, 2.45) is 0 Å². The largest absolute Gasteiger partial charge is 0.494 e. The van der Waals surface area contributed by atoms with Crippen molar-refractivity contribution in [1.82, 2.24) is 24.6 Å². The van der Waals surface area contributed by atoms with Crippen LogP contribution in [0.5, 0.6) is 11.5 Å². The van der Waals surface area contributed by atoms with Gasteiger partial charge in [-0.1, -0.05) is 12.1 Å². The van der Waals surface area contributed by atoms with Gasteiger partial charge in [-0.2, -0.15) is 18.3 Å². The maximum absolute atomic E-state index is 13.0. The van der Waals surface area contributed by atoms with Crippen LogP contribution in [-0.4, -0.2) is 45.0 Å². The molecule has 0 saturated carbocycles. The minimum Gasteiger partial charge on any atom is -0.494 e. The molecular formula is C25H24F3N5O4. The number of hydrogen-bond donors (Lipinski definition) is 1. The first-order valence-corrected chi connectivity index (χ1v) is 11.4. The fraction of sp³-hybridized carbons (Fsp3) is 0.280. The van der Waals surface area contributed by atoms with Crippen LogP contribution in [0.25, 0.3) is 11.0 Å². The number of benzene rings is 2. The molecule has 2 aromatic heterocycles. The Hall–Kier alpha value is -4.35. The molecule has 2 heterocycles. The number of halogens is 3. The monoisotopic (exact) mass is 515 g/mol. The van der Waals surface area contributed by atoms with Crippen LogP contribution in [0.3, 0.4) is 0 Å². The van der Waals surface area contributed by atoms with Gasteiger partial charge in [0, 0.05) is 6.54 Å². The SMILES string of the molecule is CCOc1ccc(OCC(=O)NCCn2ncc3c(=O)n(Cc4cccc(C(F)(F)F)c4)cnc32)cc1. The molecule has 4 rings (SSSR count). The lowest BCUT2D eigenvalue weighted by atomic mass is 10.1. The minimum absolute atomic E-state index is 0.0682. The molecule has 1 amide bonds. The lowest BCUT2D eigenvalue weighted by molar-refractivity contribution is -0.137. The van der Waals surface area contributed by atoms with E-state index in [-0.39, 0.29) is 37.5 Å². The molecule has 9 nitrogen and oxygen atoms in total. The van der Waals surface area contributed by atoms with Gasteiger partial charge in [0.15, 0.2) is 12.3 Å². The zero-order chi connectivity index (χ0) is 26.4. The molecular weight excluding hydrogens is 491 g/mol. The van der Waals surface area contributed by atoms with Crippen LogP contribution in [0.15, 0.2) is 65.8 Å². The third-order valence-electron chi connectivity index (χ3n) is 5.38. The van der Waals surface area contributed by atoms with Gasteiger partial charge >= 0.3 is 6.18 Å². The Kier molecular flexibility index (Phi) is 7.75. The van der Waals surface area contributed by atoms with Gasteiger partial charge in [0.2, 0.25) is 0 Å². The molecule has 0 unspecified atom stereocenters. The van der Waals surface area contributed by atoms with Crippen LogP contribution in [0, 0.1) is 0 Å². The number of alkyl halides is 3. The number of nitrogens with zero attached hydrogens (tertiary/aromatic N) is 4. The van der Waals surface area contributed by atoms with E-state index < -0.39 is 17.3 Å². The fourth-order valence-corrected chi connectivity index (χ4v) is 3.62. The predicted molar refractivity (Wildman–Crippen MR) is 128 cm³/mol. The van der Waals surface area contributed by atoms with E-state index in [9.17, 15) is 22.8 Å². The maximum atomic E-state index is 13.0. The Morgan fingerprint density at radius 1 is 1.08 bits per heavy atom. The van der Waals surface area contributed by atoms with E-state index in [0.717, 1.165) is 12.1 Å².